The normalized spacial score (nSPS) is 16.5. The molecule has 0 unspecified atom stereocenters. The van der Waals surface area contributed by atoms with E-state index in [1.165, 1.54) is 12.8 Å². The third-order valence-corrected chi connectivity index (χ3v) is 3.67. The van der Waals surface area contributed by atoms with Crippen LogP contribution in [0.2, 0.25) is 0 Å². The Bertz CT molecular complexity index is 223. The van der Waals surface area contributed by atoms with Gasteiger partial charge in [-0.2, -0.15) is 0 Å². The minimum absolute atomic E-state index is 0.000324. The Kier molecular flexibility index (Phi) is 6.34. The van der Waals surface area contributed by atoms with Gasteiger partial charge in [-0.25, -0.2) is 4.79 Å². The maximum absolute atomic E-state index is 12.2. The van der Waals surface area contributed by atoms with E-state index < -0.39 is 0 Å². The van der Waals surface area contributed by atoms with Crippen LogP contribution in [0, 0.1) is 0 Å². The highest BCUT2D eigenvalue weighted by molar-refractivity contribution is 5.75. The molecule has 0 atom stereocenters. The van der Waals surface area contributed by atoms with E-state index in [2.05, 4.69) is 19.2 Å². The Balaban J connectivity index is 2.52. The van der Waals surface area contributed by atoms with Crippen molar-refractivity contribution in [2.75, 3.05) is 13.2 Å². The third kappa shape index (κ3) is 4.19. The van der Waals surface area contributed by atoms with E-state index in [1.54, 1.807) is 4.90 Å². The van der Waals surface area contributed by atoms with Gasteiger partial charge in [-0.1, -0.05) is 26.7 Å². The van der Waals surface area contributed by atoms with Crippen LogP contribution in [-0.4, -0.2) is 41.3 Å². The minimum Gasteiger partial charge on any atom is -0.395 e. The highest BCUT2D eigenvalue weighted by Crippen LogP contribution is 2.18. The summed E-state index contributed by atoms with van der Waals surface area (Å²) in [6, 6.07) is 0.584. The first-order valence-electron chi connectivity index (χ1n) is 6.90. The summed E-state index contributed by atoms with van der Waals surface area (Å²) in [5, 5.41) is 12.2. The molecule has 0 aromatic rings. The van der Waals surface area contributed by atoms with E-state index in [0.29, 0.717) is 12.6 Å². The summed E-state index contributed by atoms with van der Waals surface area (Å²) >= 11 is 0. The zero-order valence-electron chi connectivity index (χ0n) is 11.1. The monoisotopic (exact) mass is 242 g/mol. The van der Waals surface area contributed by atoms with Crippen LogP contribution in [0.3, 0.4) is 0 Å². The Morgan fingerprint density at radius 2 is 1.94 bits per heavy atom. The molecule has 1 fully saturated rings. The van der Waals surface area contributed by atoms with Crippen molar-refractivity contribution in [1.29, 1.82) is 0 Å². The van der Waals surface area contributed by atoms with Gasteiger partial charge >= 0.3 is 6.03 Å². The lowest BCUT2D eigenvalue weighted by molar-refractivity contribution is 0.145. The van der Waals surface area contributed by atoms with Crippen molar-refractivity contribution >= 4 is 6.03 Å². The molecular weight excluding hydrogens is 216 g/mol. The van der Waals surface area contributed by atoms with E-state index in [9.17, 15) is 4.79 Å². The molecule has 100 valence electrons. The fourth-order valence-corrected chi connectivity index (χ4v) is 2.61. The molecule has 0 aliphatic heterocycles. The van der Waals surface area contributed by atoms with Crippen LogP contribution in [0.25, 0.3) is 0 Å². The number of carbonyl (C=O) groups is 1. The number of rotatable bonds is 6. The summed E-state index contributed by atoms with van der Waals surface area (Å²) in [4.78, 5) is 13.9. The molecule has 1 aliphatic rings. The Labute approximate surface area is 104 Å². The Hall–Kier alpha value is -0.770. The highest BCUT2D eigenvalue weighted by atomic mass is 16.3. The van der Waals surface area contributed by atoms with Crippen molar-refractivity contribution in [3.05, 3.63) is 0 Å². The molecule has 1 saturated carbocycles. The lowest BCUT2D eigenvalue weighted by Gasteiger charge is -2.31. The summed E-state index contributed by atoms with van der Waals surface area (Å²) in [6.07, 6.45) is 6.51. The fourth-order valence-electron chi connectivity index (χ4n) is 2.61. The summed E-state index contributed by atoms with van der Waals surface area (Å²) in [5.74, 6) is 0. The lowest BCUT2D eigenvalue weighted by Crippen LogP contribution is -2.49. The largest absolute Gasteiger partial charge is 0.395 e. The molecule has 0 heterocycles. The number of nitrogens with zero attached hydrogens (tertiary/aromatic N) is 1. The zero-order chi connectivity index (χ0) is 12.7. The predicted molar refractivity (Wildman–Crippen MR) is 68.9 cm³/mol. The minimum atomic E-state index is -0.000324. The Morgan fingerprint density at radius 1 is 1.35 bits per heavy atom. The van der Waals surface area contributed by atoms with Gasteiger partial charge in [0, 0.05) is 18.6 Å². The molecule has 0 spiro atoms. The third-order valence-electron chi connectivity index (χ3n) is 3.67. The second-order valence-electron chi connectivity index (χ2n) is 4.82. The molecular formula is C13H26N2O2. The van der Waals surface area contributed by atoms with E-state index in [0.717, 1.165) is 25.7 Å². The van der Waals surface area contributed by atoms with E-state index in [4.69, 9.17) is 5.11 Å². The summed E-state index contributed by atoms with van der Waals surface area (Å²) in [7, 11) is 0. The number of hydrogen-bond acceptors (Lipinski definition) is 2. The van der Waals surface area contributed by atoms with Crippen LogP contribution < -0.4 is 5.32 Å². The smallest absolute Gasteiger partial charge is 0.317 e. The van der Waals surface area contributed by atoms with Crippen molar-refractivity contribution in [1.82, 2.24) is 10.2 Å². The molecule has 0 bridgehead atoms. The molecule has 1 aliphatic carbocycles. The van der Waals surface area contributed by atoms with E-state index >= 15 is 0 Å². The summed E-state index contributed by atoms with van der Waals surface area (Å²) in [6.45, 7) is 4.64. The number of hydrogen-bond donors (Lipinski definition) is 2. The van der Waals surface area contributed by atoms with Gasteiger partial charge in [0.25, 0.3) is 0 Å². The van der Waals surface area contributed by atoms with Gasteiger partial charge < -0.3 is 15.3 Å². The zero-order valence-corrected chi connectivity index (χ0v) is 11.1. The van der Waals surface area contributed by atoms with Gasteiger partial charge in [0.2, 0.25) is 0 Å². The molecule has 0 saturated heterocycles. The average molecular weight is 242 g/mol. The van der Waals surface area contributed by atoms with Crippen LogP contribution in [-0.2, 0) is 0 Å². The molecule has 2 N–H and O–H groups in total. The van der Waals surface area contributed by atoms with Gasteiger partial charge in [-0.15, -0.1) is 0 Å². The number of aliphatic hydroxyl groups excluding tert-OH is 1. The fraction of sp³-hybridized carbons (Fsp3) is 0.923. The number of aliphatic hydroxyl groups is 1. The van der Waals surface area contributed by atoms with Crippen LogP contribution in [0.5, 0.6) is 0 Å². The van der Waals surface area contributed by atoms with Gasteiger partial charge in [0.05, 0.1) is 6.61 Å². The maximum Gasteiger partial charge on any atom is 0.317 e. The van der Waals surface area contributed by atoms with Crippen LogP contribution >= 0.6 is 0 Å². The van der Waals surface area contributed by atoms with Gasteiger partial charge in [-0.3, -0.25) is 0 Å². The topological polar surface area (TPSA) is 52.6 Å². The molecule has 0 aromatic carbocycles. The van der Waals surface area contributed by atoms with Crippen LogP contribution in [0.4, 0.5) is 4.79 Å². The molecule has 1 rings (SSSR count). The highest BCUT2D eigenvalue weighted by Gasteiger charge is 2.24. The second kappa shape index (κ2) is 7.54. The van der Waals surface area contributed by atoms with Crippen LogP contribution in [0.15, 0.2) is 0 Å². The van der Waals surface area contributed by atoms with Gasteiger partial charge in [0.15, 0.2) is 0 Å². The summed E-state index contributed by atoms with van der Waals surface area (Å²) in [5.41, 5.74) is 0. The number of nitrogens with one attached hydrogen (secondary N) is 1. The first kappa shape index (κ1) is 14.3. The molecule has 4 nitrogen and oxygen atoms in total. The first-order valence-corrected chi connectivity index (χ1v) is 6.90. The van der Waals surface area contributed by atoms with Crippen LogP contribution in [0.1, 0.15) is 52.4 Å². The second-order valence-corrected chi connectivity index (χ2v) is 4.82. The molecule has 2 amide bonds. The standard InChI is InChI=1S/C13H26N2O2/c1-3-12(4-2)15(9-10-16)13(17)14-11-7-5-6-8-11/h11-12,16H,3-10H2,1-2H3,(H,14,17). The number of carbonyl (C=O) groups excluding carboxylic acids is 1. The number of amides is 2. The molecule has 0 radical (unpaired) electrons. The van der Waals surface area contributed by atoms with Gasteiger partial charge in [-0.05, 0) is 25.7 Å². The Morgan fingerprint density at radius 3 is 2.41 bits per heavy atom. The van der Waals surface area contributed by atoms with E-state index in [-0.39, 0.29) is 18.7 Å². The van der Waals surface area contributed by atoms with E-state index in [1.807, 2.05) is 0 Å². The number of urea groups is 1. The molecule has 17 heavy (non-hydrogen) atoms. The maximum atomic E-state index is 12.2. The van der Waals surface area contributed by atoms with Crippen molar-refractivity contribution < 1.29 is 9.90 Å². The summed E-state index contributed by atoms with van der Waals surface area (Å²) < 4.78 is 0. The van der Waals surface area contributed by atoms with Crippen molar-refractivity contribution in [2.24, 2.45) is 0 Å². The van der Waals surface area contributed by atoms with Crippen molar-refractivity contribution in [3.8, 4) is 0 Å². The van der Waals surface area contributed by atoms with Gasteiger partial charge in [0.1, 0.15) is 0 Å². The van der Waals surface area contributed by atoms with Crippen molar-refractivity contribution in [2.45, 2.75) is 64.5 Å². The lowest BCUT2D eigenvalue weighted by atomic mass is 10.1. The average Bonchev–Trinajstić information content (AvgIpc) is 2.82. The molecule has 0 aromatic heterocycles. The predicted octanol–water partition coefficient (Wildman–Crippen LogP) is 2.12. The van der Waals surface area contributed by atoms with Crippen molar-refractivity contribution in [3.63, 3.8) is 0 Å². The quantitative estimate of drug-likeness (QED) is 0.749. The SMILES string of the molecule is CCC(CC)N(CCO)C(=O)NC1CCCC1. The molecule has 4 heteroatoms. The first-order chi connectivity index (χ1) is 8.22.